The summed E-state index contributed by atoms with van der Waals surface area (Å²) >= 11 is 0. The molecule has 0 radical (unpaired) electrons. The number of rotatable bonds is 14. The minimum Gasteiger partial charge on any atom is -0.394 e. The molecule has 0 saturated carbocycles. The highest BCUT2D eigenvalue weighted by molar-refractivity contribution is 4.99. The van der Waals surface area contributed by atoms with Crippen molar-refractivity contribution < 1.29 is 129 Å². The van der Waals surface area contributed by atoms with Gasteiger partial charge in [-0.25, -0.2) is 0 Å². The first kappa shape index (κ1) is 47.0. The quantitative estimate of drug-likeness (QED) is 0.0772. The van der Waals surface area contributed by atoms with Crippen molar-refractivity contribution in [3.63, 3.8) is 0 Å². The Morgan fingerprint density at radius 2 is 0.526 bits per heavy atom. The molecule has 0 bridgehead atoms. The minimum absolute atomic E-state index is 0.750. The van der Waals surface area contributed by atoms with Crippen LogP contribution in [-0.4, -0.2) is 275 Å². The Balaban J connectivity index is 1.22. The molecule has 0 aliphatic carbocycles. The smallest absolute Gasteiger partial charge is 0.187 e. The van der Waals surface area contributed by atoms with E-state index in [0.717, 1.165) is 0 Å². The van der Waals surface area contributed by atoms with Crippen LogP contribution >= 0.6 is 0 Å². The molecule has 26 heteroatoms. The zero-order chi connectivity index (χ0) is 42.0. The average molecular weight is 843 g/mol. The van der Waals surface area contributed by atoms with Crippen molar-refractivity contribution in [3.8, 4) is 0 Å². The Morgan fingerprint density at radius 1 is 0.298 bits per heavy atom. The second-order valence-corrected chi connectivity index (χ2v) is 14.2. The first-order valence-corrected chi connectivity index (χ1v) is 18.0. The van der Waals surface area contributed by atoms with Crippen molar-refractivity contribution in [3.05, 3.63) is 0 Å². The van der Waals surface area contributed by atoms with Crippen LogP contribution in [0, 0.1) is 0 Å². The molecule has 16 N–H and O–H groups in total. The van der Waals surface area contributed by atoms with Crippen LogP contribution in [0.5, 0.6) is 0 Å². The van der Waals surface area contributed by atoms with Crippen LogP contribution in [0.25, 0.3) is 0 Å². The van der Waals surface area contributed by atoms with Gasteiger partial charge in [-0.05, 0) is 0 Å². The Bertz CT molecular complexity index is 1220. The van der Waals surface area contributed by atoms with Crippen LogP contribution in [0.4, 0.5) is 0 Å². The van der Waals surface area contributed by atoms with E-state index < -0.39 is 187 Å². The van der Waals surface area contributed by atoms with Gasteiger partial charge < -0.3 is 129 Å². The Morgan fingerprint density at radius 3 is 0.789 bits per heavy atom. The molecule has 25 atom stereocenters. The largest absolute Gasteiger partial charge is 0.394 e. The zero-order valence-electron chi connectivity index (χ0n) is 30.2. The summed E-state index contributed by atoms with van der Waals surface area (Å²) in [4.78, 5) is 0. The second kappa shape index (κ2) is 20.2. The molecular formula is C31H54O26. The van der Waals surface area contributed by atoms with Crippen LogP contribution < -0.4 is 0 Å². The second-order valence-electron chi connectivity index (χ2n) is 14.2. The van der Waals surface area contributed by atoms with Gasteiger partial charge in [0.05, 0.1) is 33.0 Å². The van der Waals surface area contributed by atoms with Crippen molar-refractivity contribution in [1.82, 2.24) is 0 Å². The summed E-state index contributed by atoms with van der Waals surface area (Å²) in [5, 5.41) is 167. The average Bonchev–Trinajstić information content (AvgIpc) is 3.21. The van der Waals surface area contributed by atoms with E-state index in [4.69, 9.17) is 47.4 Å². The third-order valence-electron chi connectivity index (χ3n) is 10.5. The van der Waals surface area contributed by atoms with Crippen molar-refractivity contribution in [1.29, 1.82) is 0 Å². The molecule has 5 aliphatic heterocycles. The third-order valence-corrected chi connectivity index (χ3v) is 10.5. The van der Waals surface area contributed by atoms with Gasteiger partial charge in [-0.3, -0.25) is 0 Å². The maximum atomic E-state index is 11.1. The van der Waals surface area contributed by atoms with E-state index in [1.165, 1.54) is 7.11 Å². The van der Waals surface area contributed by atoms with Gasteiger partial charge in [0.25, 0.3) is 0 Å². The molecule has 0 amide bonds. The monoisotopic (exact) mass is 842 g/mol. The summed E-state index contributed by atoms with van der Waals surface area (Å²) in [7, 11) is 1.17. The predicted molar refractivity (Wildman–Crippen MR) is 171 cm³/mol. The van der Waals surface area contributed by atoms with Gasteiger partial charge in [0, 0.05) is 7.11 Å². The molecule has 0 aromatic heterocycles. The summed E-state index contributed by atoms with van der Waals surface area (Å²) < 4.78 is 54.6. The highest BCUT2D eigenvalue weighted by Crippen LogP contribution is 2.35. The Hall–Kier alpha value is -1.04. The van der Waals surface area contributed by atoms with Crippen LogP contribution in [-0.2, 0) is 47.4 Å². The lowest BCUT2D eigenvalue weighted by molar-refractivity contribution is -0.393. The number of hydrogen-bond acceptors (Lipinski definition) is 26. The molecule has 5 heterocycles. The van der Waals surface area contributed by atoms with E-state index in [1.807, 2.05) is 0 Å². The topological polar surface area (TPSA) is 416 Å². The first-order chi connectivity index (χ1) is 27.1. The van der Waals surface area contributed by atoms with E-state index in [1.54, 1.807) is 0 Å². The van der Waals surface area contributed by atoms with Gasteiger partial charge in [-0.1, -0.05) is 0 Å². The van der Waals surface area contributed by atoms with Crippen molar-refractivity contribution >= 4 is 0 Å². The summed E-state index contributed by atoms with van der Waals surface area (Å²) in [6.45, 7) is -4.38. The molecular weight excluding hydrogens is 788 g/mol. The lowest BCUT2D eigenvalue weighted by atomic mass is 9.95. The van der Waals surface area contributed by atoms with Gasteiger partial charge in [-0.2, -0.15) is 0 Å². The lowest BCUT2D eigenvalue weighted by Gasteiger charge is -2.49. The maximum absolute atomic E-state index is 11.1. The predicted octanol–water partition coefficient (Wildman–Crippen LogP) is -11.3. The summed E-state index contributed by atoms with van der Waals surface area (Å²) in [6.07, 6.45) is -44.4. The lowest BCUT2D eigenvalue weighted by Crippen LogP contribution is -2.68. The summed E-state index contributed by atoms with van der Waals surface area (Å²) in [5.74, 6) is 0. The molecule has 57 heavy (non-hydrogen) atoms. The molecule has 0 aromatic rings. The number of aliphatic hydroxyl groups excluding tert-OH is 16. The van der Waals surface area contributed by atoms with Gasteiger partial charge in [-0.15, -0.1) is 0 Å². The molecule has 26 nitrogen and oxygen atoms in total. The van der Waals surface area contributed by atoms with Crippen LogP contribution in [0.3, 0.4) is 0 Å². The molecule has 0 aromatic carbocycles. The molecule has 334 valence electrons. The fourth-order valence-corrected chi connectivity index (χ4v) is 7.21. The summed E-state index contributed by atoms with van der Waals surface area (Å²) in [5.41, 5.74) is 0. The van der Waals surface area contributed by atoms with E-state index in [-0.39, 0.29) is 0 Å². The van der Waals surface area contributed by atoms with Crippen molar-refractivity contribution in [2.75, 3.05) is 40.1 Å². The molecule has 25 unspecified atom stereocenters. The number of methoxy groups -OCH3 is 1. The SMILES string of the molecule is COC1OC(CO)C(OC2OC(CO)C(OC3OC(CO)C(OC4OC(CO)C(OC5OC(CO)C(O)C(O)C5O)C(O)C4O)C(O)C3O)C(O)C2O)C(O)C1O. The number of hydrogen-bond donors (Lipinski definition) is 16. The van der Waals surface area contributed by atoms with Gasteiger partial charge >= 0.3 is 0 Å². The van der Waals surface area contributed by atoms with Gasteiger partial charge in [0.2, 0.25) is 0 Å². The fourth-order valence-electron chi connectivity index (χ4n) is 7.21. The molecule has 0 spiro atoms. The standard InChI is InChI=1S/C31H54O26/c1-48-27-19(44)14(39)23(8(3-33)50-27)55-29-21(46)16(41)25(10(5-35)52-29)57-31-22(47)17(42)26(11(6-36)53-31)56-30-20(45)15(40)24(9(4-34)51-30)54-28-18(43)13(38)12(37)7(2-32)49-28/h7-47H,2-6H2,1H3. The highest BCUT2D eigenvalue weighted by Gasteiger charge is 2.56. The Kier molecular flexibility index (Phi) is 16.7. The van der Waals surface area contributed by atoms with E-state index >= 15 is 0 Å². The van der Waals surface area contributed by atoms with E-state index in [0.29, 0.717) is 0 Å². The van der Waals surface area contributed by atoms with Crippen molar-refractivity contribution in [2.45, 2.75) is 154 Å². The number of ether oxygens (including phenoxy) is 10. The summed E-state index contributed by atoms with van der Waals surface area (Å²) in [6, 6.07) is 0. The Labute approximate surface area is 323 Å². The third kappa shape index (κ3) is 9.56. The first-order valence-electron chi connectivity index (χ1n) is 18.0. The fraction of sp³-hybridized carbons (Fsp3) is 1.00. The van der Waals surface area contributed by atoms with Crippen LogP contribution in [0.2, 0.25) is 0 Å². The van der Waals surface area contributed by atoms with E-state index in [9.17, 15) is 81.7 Å². The number of aliphatic hydroxyl groups is 16. The van der Waals surface area contributed by atoms with Crippen molar-refractivity contribution in [2.24, 2.45) is 0 Å². The molecule has 5 saturated heterocycles. The van der Waals surface area contributed by atoms with Gasteiger partial charge in [0.1, 0.15) is 122 Å². The molecule has 5 rings (SSSR count). The van der Waals surface area contributed by atoms with Crippen LogP contribution in [0.15, 0.2) is 0 Å². The zero-order valence-corrected chi connectivity index (χ0v) is 30.2. The normalized spacial score (nSPS) is 52.5. The minimum atomic E-state index is -2.10. The van der Waals surface area contributed by atoms with Crippen LogP contribution in [0.1, 0.15) is 0 Å². The molecule has 5 fully saturated rings. The maximum Gasteiger partial charge on any atom is 0.187 e. The van der Waals surface area contributed by atoms with E-state index in [2.05, 4.69) is 0 Å². The highest BCUT2D eigenvalue weighted by atomic mass is 16.8. The van der Waals surface area contributed by atoms with Gasteiger partial charge in [0.15, 0.2) is 31.5 Å². The molecule has 5 aliphatic rings.